The van der Waals surface area contributed by atoms with Crippen molar-refractivity contribution in [2.45, 2.75) is 12.6 Å². The molecule has 0 saturated carbocycles. The Morgan fingerprint density at radius 2 is 2.00 bits per heavy atom. The van der Waals surface area contributed by atoms with Gasteiger partial charge in [0.25, 0.3) is 0 Å². The number of nitrogens with zero attached hydrogens (tertiary/aromatic N) is 4. The van der Waals surface area contributed by atoms with Gasteiger partial charge in [-0.15, -0.1) is 0 Å². The first-order valence-electron chi connectivity index (χ1n) is 9.67. The summed E-state index contributed by atoms with van der Waals surface area (Å²) in [4.78, 5) is 9.08. The van der Waals surface area contributed by atoms with Gasteiger partial charge in [0, 0.05) is 52.7 Å². The molecule has 1 aromatic carbocycles. The van der Waals surface area contributed by atoms with Crippen LogP contribution < -0.4 is 5.32 Å². The Labute approximate surface area is 172 Å². The average molecular weight is 404 g/mol. The summed E-state index contributed by atoms with van der Waals surface area (Å²) in [5.74, 6) is 0.867. The molecule has 3 rings (SSSR count). The molecule has 1 unspecified atom stereocenters. The van der Waals surface area contributed by atoms with Gasteiger partial charge in [-0.2, -0.15) is 0 Å². The van der Waals surface area contributed by atoms with Crippen LogP contribution in [0.15, 0.2) is 47.6 Å². The van der Waals surface area contributed by atoms with Crippen molar-refractivity contribution in [2.75, 3.05) is 46.9 Å². The number of hydrogen-bond acceptors (Lipinski definition) is 3. The molecule has 1 aliphatic heterocycles. The van der Waals surface area contributed by atoms with Crippen LogP contribution in [-0.4, -0.2) is 67.3 Å². The maximum absolute atomic E-state index is 6.12. The fourth-order valence-corrected chi connectivity index (χ4v) is 3.91. The predicted molar refractivity (Wildman–Crippen MR) is 115 cm³/mol. The van der Waals surface area contributed by atoms with Crippen LogP contribution in [0.25, 0.3) is 0 Å². The number of aromatic nitrogens is 1. The molecule has 2 aromatic rings. The Balaban J connectivity index is 1.67. The number of aryl methyl sites for hydroxylation is 1. The molecule has 1 fully saturated rings. The molecular weight excluding hydrogens is 374 g/mol. The number of benzene rings is 1. The summed E-state index contributed by atoms with van der Waals surface area (Å²) in [6.45, 7) is 4.97. The summed E-state index contributed by atoms with van der Waals surface area (Å²) in [5, 5.41) is 4.32. The molecule has 0 radical (unpaired) electrons. The van der Waals surface area contributed by atoms with E-state index in [1.54, 1.807) is 0 Å². The van der Waals surface area contributed by atoms with Gasteiger partial charge in [0.15, 0.2) is 5.96 Å². The minimum absolute atomic E-state index is 0.278. The predicted octanol–water partition coefficient (Wildman–Crippen LogP) is 2.76. The number of morpholine rings is 1. The highest BCUT2D eigenvalue weighted by atomic mass is 35.5. The molecule has 1 N–H and O–H groups in total. The third-order valence-electron chi connectivity index (χ3n) is 5.17. The number of rotatable bonds is 6. The van der Waals surface area contributed by atoms with Gasteiger partial charge in [-0.25, -0.2) is 0 Å². The quantitative estimate of drug-likeness (QED) is 0.595. The molecule has 1 atom stereocenters. The molecule has 0 amide bonds. The van der Waals surface area contributed by atoms with Crippen LogP contribution in [0.2, 0.25) is 5.02 Å². The van der Waals surface area contributed by atoms with Gasteiger partial charge in [0.05, 0.1) is 30.8 Å². The lowest BCUT2D eigenvalue weighted by molar-refractivity contribution is 0.0169. The van der Waals surface area contributed by atoms with Crippen molar-refractivity contribution in [2.24, 2.45) is 12.0 Å². The van der Waals surface area contributed by atoms with Crippen LogP contribution in [0.5, 0.6) is 0 Å². The van der Waals surface area contributed by atoms with Gasteiger partial charge in [-0.05, 0) is 11.6 Å². The smallest absolute Gasteiger partial charge is 0.193 e. The average Bonchev–Trinajstić information content (AvgIpc) is 3.03. The zero-order chi connectivity index (χ0) is 19.9. The fourth-order valence-electron chi connectivity index (χ4n) is 3.64. The maximum Gasteiger partial charge on any atom is 0.193 e. The second kappa shape index (κ2) is 9.96. The van der Waals surface area contributed by atoms with Crippen molar-refractivity contribution in [3.63, 3.8) is 0 Å². The largest absolute Gasteiger partial charge is 0.379 e. The lowest BCUT2D eigenvalue weighted by Gasteiger charge is -2.35. The molecule has 1 aromatic heterocycles. The lowest BCUT2D eigenvalue weighted by Crippen LogP contribution is -2.46. The van der Waals surface area contributed by atoms with E-state index < -0.39 is 0 Å². The SMILES string of the molecule is CN=C(NCC(c1ccccc1)N1CCOCC1)N(C)Cc1cc(Cl)cn1C. The molecular formula is C21H30ClN5O. The van der Waals surface area contributed by atoms with Crippen molar-refractivity contribution in [3.8, 4) is 0 Å². The highest BCUT2D eigenvalue weighted by molar-refractivity contribution is 6.30. The van der Waals surface area contributed by atoms with Crippen molar-refractivity contribution in [1.82, 2.24) is 19.7 Å². The van der Waals surface area contributed by atoms with E-state index in [0.717, 1.165) is 56.1 Å². The number of ether oxygens (including phenoxy) is 1. The highest BCUT2D eigenvalue weighted by Gasteiger charge is 2.23. The van der Waals surface area contributed by atoms with E-state index in [1.807, 2.05) is 38.0 Å². The van der Waals surface area contributed by atoms with Crippen LogP contribution in [0.3, 0.4) is 0 Å². The Bertz CT molecular complexity index is 770. The first-order valence-corrected chi connectivity index (χ1v) is 10.1. The first kappa shape index (κ1) is 20.7. The van der Waals surface area contributed by atoms with Crippen molar-refractivity contribution in [1.29, 1.82) is 0 Å². The van der Waals surface area contributed by atoms with Crippen molar-refractivity contribution < 1.29 is 4.74 Å². The third kappa shape index (κ3) is 5.28. The number of hydrogen-bond donors (Lipinski definition) is 1. The second-order valence-corrected chi connectivity index (χ2v) is 7.56. The zero-order valence-electron chi connectivity index (χ0n) is 16.9. The first-order chi connectivity index (χ1) is 13.6. The molecule has 28 heavy (non-hydrogen) atoms. The van der Waals surface area contributed by atoms with Crippen LogP contribution >= 0.6 is 11.6 Å². The number of halogens is 1. The monoisotopic (exact) mass is 403 g/mol. The molecule has 7 heteroatoms. The zero-order valence-corrected chi connectivity index (χ0v) is 17.7. The van der Waals surface area contributed by atoms with Crippen molar-refractivity contribution >= 4 is 17.6 Å². The fraction of sp³-hybridized carbons (Fsp3) is 0.476. The minimum Gasteiger partial charge on any atom is -0.379 e. The molecule has 2 heterocycles. The van der Waals surface area contributed by atoms with Crippen molar-refractivity contribution in [3.05, 3.63) is 58.9 Å². The van der Waals surface area contributed by atoms with E-state index >= 15 is 0 Å². The molecule has 6 nitrogen and oxygen atoms in total. The summed E-state index contributed by atoms with van der Waals surface area (Å²) in [7, 11) is 5.88. The van der Waals surface area contributed by atoms with Crippen LogP contribution in [-0.2, 0) is 18.3 Å². The topological polar surface area (TPSA) is 45.0 Å². The van der Waals surface area contributed by atoms with Crippen LogP contribution in [0, 0.1) is 0 Å². The van der Waals surface area contributed by atoms with Gasteiger partial charge in [-0.3, -0.25) is 9.89 Å². The van der Waals surface area contributed by atoms with Gasteiger partial charge in [0.2, 0.25) is 0 Å². The lowest BCUT2D eigenvalue weighted by atomic mass is 10.0. The van der Waals surface area contributed by atoms with Crippen LogP contribution in [0.4, 0.5) is 0 Å². The number of aliphatic imine (C=N–C) groups is 1. The van der Waals surface area contributed by atoms with Crippen LogP contribution in [0.1, 0.15) is 17.3 Å². The maximum atomic E-state index is 6.12. The standard InChI is InChI=1S/C21H30ClN5O/c1-23-21(26(3)16-19-13-18(22)15-25(19)2)24-14-20(17-7-5-4-6-8-17)27-9-11-28-12-10-27/h4-8,13,15,20H,9-12,14,16H2,1-3H3,(H,23,24). The van der Waals surface area contributed by atoms with E-state index in [4.69, 9.17) is 16.3 Å². The molecule has 1 aliphatic rings. The Kier molecular flexibility index (Phi) is 7.36. The Morgan fingerprint density at radius 3 is 2.61 bits per heavy atom. The second-order valence-electron chi connectivity index (χ2n) is 7.12. The minimum atomic E-state index is 0.278. The van der Waals surface area contributed by atoms with Gasteiger partial charge in [0.1, 0.15) is 0 Å². The summed E-state index contributed by atoms with van der Waals surface area (Å²) in [6.07, 6.45) is 1.92. The molecule has 1 saturated heterocycles. The highest BCUT2D eigenvalue weighted by Crippen LogP contribution is 2.21. The van der Waals surface area contributed by atoms with E-state index in [-0.39, 0.29) is 6.04 Å². The third-order valence-corrected chi connectivity index (χ3v) is 5.38. The molecule has 0 aliphatic carbocycles. The van der Waals surface area contributed by atoms with E-state index in [2.05, 4.69) is 50.4 Å². The molecule has 0 spiro atoms. The Hall–Kier alpha value is -2.02. The summed E-state index contributed by atoms with van der Waals surface area (Å²) < 4.78 is 7.59. The normalized spacial score (nSPS) is 16.8. The van der Waals surface area contributed by atoms with Gasteiger partial charge >= 0.3 is 0 Å². The summed E-state index contributed by atoms with van der Waals surface area (Å²) in [6, 6.07) is 12.9. The number of nitrogens with one attached hydrogen (secondary N) is 1. The Morgan fingerprint density at radius 1 is 1.29 bits per heavy atom. The van der Waals surface area contributed by atoms with E-state index in [0.29, 0.717) is 0 Å². The van der Waals surface area contributed by atoms with E-state index in [1.165, 1.54) is 5.56 Å². The molecule has 0 bridgehead atoms. The number of guanidine groups is 1. The summed E-state index contributed by atoms with van der Waals surface area (Å²) >= 11 is 6.12. The molecule has 152 valence electrons. The van der Waals surface area contributed by atoms with Gasteiger partial charge in [-0.1, -0.05) is 41.9 Å². The van der Waals surface area contributed by atoms with E-state index in [9.17, 15) is 0 Å². The van der Waals surface area contributed by atoms with Gasteiger partial charge < -0.3 is 19.5 Å². The summed E-state index contributed by atoms with van der Waals surface area (Å²) in [5.41, 5.74) is 2.45.